The second-order valence-corrected chi connectivity index (χ2v) is 5.06. The number of likely N-dealkylation sites (N-methyl/N-ethyl adjacent to an activating group) is 1. The molecule has 0 aromatic heterocycles. The van der Waals surface area contributed by atoms with Gasteiger partial charge in [0.1, 0.15) is 0 Å². The minimum absolute atomic E-state index is 0.0270. The molecule has 7 nitrogen and oxygen atoms in total. The highest BCUT2D eigenvalue weighted by atomic mass is 16.6. The van der Waals surface area contributed by atoms with Gasteiger partial charge in [-0.05, 0) is 20.0 Å². The lowest BCUT2D eigenvalue weighted by molar-refractivity contribution is -0.385. The van der Waals surface area contributed by atoms with E-state index in [1.54, 1.807) is 24.0 Å². The number of hydrogen-bond donors (Lipinski definition) is 1. The highest BCUT2D eigenvalue weighted by Crippen LogP contribution is 2.21. The molecule has 0 bridgehead atoms. The molecular weight excluding hydrogens is 274 g/mol. The van der Waals surface area contributed by atoms with Gasteiger partial charge in [0.25, 0.3) is 11.6 Å². The highest BCUT2D eigenvalue weighted by molar-refractivity contribution is 5.95. The summed E-state index contributed by atoms with van der Waals surface area (Å²) < 4.78 is 5.55. The van der Waals surface area contributed by atoms with Gasteiger partial charge in [-0.2, -0.15) is 0 Å². The van der Waals surface area contributed by atoms with Gasteiger partial charge in [-0.25, -0.2) is 0 Å². The maximum atomic E-state index is 12.5. The Hall–Kier alpha value is -1.99. The van der Waals surface area contributed by atoms with Crippen LogP contribution in [0.3, 0.4) is 0 Å². The summed E-state index contributed by atoms with van der Waals surface area (Å²) in [6.45, 7) is 3.79. The van der Waals surface area contributed by atoms with E-state index >= 15 is 0 Å². The largest absolute Gasteiger partial charge is 0.373 e. The summed E-state index contributed by atoms with van der Waals surface area (Å²) in [6.07, 6.45) is -0.0480. The number of ether oxygens (including phenoxy) is 1. The number of hydrogen-bond acceptors (Lipinski definition) is 5. The molecule has 1 aromatic carbocycles. The third-order valence-corrected chi connectivity index (χ3v) is 3.51. The van der Waals surface area contributed by atoms with Gasteiger partial charge in [-0.3, -0.25) is 14.9 Å². The normalized spacial score (nSPS) is 18.6. The van der Waals surface area contributed by atoms with Gasteiger partial charge in [0.15, 0.2) is 0 Å². The third kappa shape index (κ3) is 3.56. The first-order valence-electron chi connectivity index (χ1n) is 6.83. The van der Waals surface area contributed by atoms with Crippen LogP contribution in [0, 0.1) is 17.0 Å². The second kappa shape index (κ2) is 6.64. The molecule has 1 amide bonds. The standard InChI is InChI=1S/C14H19N3O4/c1-10-3-4-11(7-13(10)17(19)20)14(18)16-5-6-21-12(9-16)8-15-2/h3-4,7,12,15H,5-6,8-9H2,1-2H3. The lowest BCUT2D eigenvalue weighted by Crippen LogP contribution is -2.48. The van der Waals surface area contributed by atoms with E-state index < -0.39 is 4.92 Å². The van der Waals surface area contributed by atoms with Crippen LogP contribution in [-0.2, 0) is 4.74 Å². The first-order chi connectivity index (χ1) is 10.0. The first kappa shape index (κ1) is 15.4. The third-order valence-electron chi connectivity index (χ3n) is 3.51. The van der Waals surface area contributed by atoms with Crippen LogP contribution < -0.4 is 5.32 Å². The number of nitrogens with one attached hydrogen (secondary N) is 1. The molecule has 1 fully saturated rings. The Labute approximate surface area is 123 Å². The molecule has 1 saturated heterocycles. The van der Waals surface area contributed by atoms with Gasteiger partial charge in [-0.1, -0.05) is 6.07 Å². The zero-order chi connectivity index (χ0) is 15.4. The molecule has 1 aliphatic rings. The van der Waals surface area contributed by atoms with Gasteiger partial charge in [0, 0.05) is 36.8 Å². The number of carbonyl (C=O) groups is 1. The number of nitro groups is 1. The van der Waals surface area contributed by atoms with Crippen LogP contribution >= 0.6 is 0 Å². The second-order valence-electron chi connectivity index (χ2n) is 5.06. The molecule has 1 unspecified atom stereocenters. The van der Waals surface area contributed by atoms with E-state index in [4.69, 9.17) is 4.74 Å². The van der Waals surface area contributed by atoms with Crippen molar-refractivity contribution in [2.75, 3.05) is 33.3 Å². The summed E-state index contributed by atoms with van der Waals surface area (Å²) in [4.78, 5) is 24.6. The van der Waals surface area contributed by atoms with Crippen molar-refractivity contribution in [2.45, 2.75) is 13.0 Å². The summed E-state index contributed by atoms with van der Waals surface area (Å²) >= 11 is 0. The molecule has 1 atom stereocenters. The van der Waals surface area contributed by atoms with E-state index in [-0.39, 0.29) is 17.7 Å². The lowest BCUT2D eigenvalue weighted by Gasteiger charge is -2.33. The molecule has 7 heteroatoms. The minimum Gasteiger partial charge on any atom is -0.373 e. The zero-order valence-electron chi connectivity index (χ0n) is 12.2. The molecule has 0 radical (unpaired) electrons. The van der Waals surface area contributed by atoms with Gasteiger partial charge in [0.2, 0.25) is 0 Å². The molecule has 1 aliphatic heterocycles. The Morgan fingerprint density at radius 3 is 3.00 bits per heavy atom. The summed E-state index contributed by atoms with van der Waals surface area (Å²) in [5.41, 5.74) is 0.866. The van der Waals surface area contributed by atoms with Crippen molar-refractivity contribution >= 4 is 11.6 Å². The van der Waals surface area contributed by atoms with Crippen molar-refractivity contribution in [3.63, 3.8) is 0 Å². The average molecular weight is 293 g/mol. The smallest absolute Gasteiger partial charge is 0.273 e. The fourth-order valence-electron chi connectivity index (χ4n) is 2.38. The highest BCUT2D eigenvalue weighted by Gasteiger charge is 2.25. The Morgan fingerprint density at radius 2 is 2.33 bits per heavy atom. The Morgan fingerprint density at radius 1 is 1.57 bits per heavy atom. The van der Waals surface area contributed by atoms with E-state index in [0.717, 1.165) is 0 Å². The number of carbonyl (C=O) groups excluding carboxylic acids is 1. The maximum absolute atomic E-state index is 12.5. The van der Waals surface area contributed by atoms with Crippen molar-refractivity contribution in [1.29, 1.82) is 0 Å². The van der Waals surface area contributed by atoms with Gasteiger partial charge < -0.3 is 15.0 Å². The van der Waals surface area contributed by atoms with E-state index in [1.807, 2.05) is 7.05 Å². The average Bonchev–Trinajstić information content (AvgIpc) is 2.47. The monoisotopic (exact) mass is 293 g/mol. The molecule has 1 aromatic rings. The Balaban J connectivity index is 2.16. The van der Waals surface area contributed by atoms with E-state index in [9.17, 15) is 14.9 Å². The lowest BCUT2D eigenvalue weighted by atomic mass is 10.1. The van der Waals surface area contributed by atoms with E-state index in [2.05, 4.69) is 5.32 Å². The predicted molar refractivity (Wildman–Crippen MR) is 77.4 cm³/mol. The Kier molecular flexibility index (Phi) is 4.87. The van der Waals surface area contributed by atoms with E-state index in [1.165, 1.54) is 6.07 Å². The van der Waals surface area contributed by atoms with Gasteiger partial charge in [-0.15, -0.1) is 0 Å². The van der Waals surface area contributed by atoms with Crippen molar-refractivity contribution in [2.24, 2.45) is 0 Å². The minimum atomic E-state index is -0.463. The van der Waals surface area contributed by atoms with Crippen LogP contribution in [0.2, 0.25) is 0 Å². The molecule has 114 valence electrons. The number of aryl methyl sites for hydroxylation is 1. The summed E-state index contributed by atoms with van der Waals surface area (Å²) in [5, 5.41) is 14.0. The maximum Gasteiger partial charge on any atom is 0.273 e. The van der Waals surface area contributed by atoms with Gasteiger partial charge in [0.05, 0.1) is 17.6 Å². The number of morpholine rings is 1. The van der Waals surface area contributed by atoms with Gasteiger partial charge >= 0.3 is 0 Å². The Bertz CT molecular complexity index is 545. The number of rotatable bonds is 4. The summed E-state index contributed by atoms with van der Waals surface area (Å²) in [5.74, 6) is -0.192. The fraction of sp³-hybridized carbons (Fsp3) is 0.500. The number of nitrogens with zero attached hydrogens (tertiary/aromatic N) is 2. The topological polar surface area (TPSA) is 84.7 Å². The number of nitro benzene ring substituents is 1. The van der Waals surface area contributed by atoms with Crippen molar-refractivity contribution in [3.8, 4) is 0 Å². The number of amides is 1. The summed E-state index contributed by atoms with van der Waals surface area (Å²) in [7, 11) is 1.83. The predicted octanol–water partition coefficient (Wildman–Crippen LogP) is 0.964. The van der Waals surface area contributed by atoms with Crippen LogP contribution in [0.25, 0.3) is 0 Å². The zero-order valence-corrected chi connectivity index (χ0v) is 12.2. The fourth-order valence-corrected chi connectivity index (χ4v) is 2.38. The van der Waals surface area contributed by atoms with E-state index in [0.29, 0.717) is 37.4 Å². The quantitative estimate of drug-likeness (QED) is 0.660. The van der Waals surface area contributed by atoms with Crippen molar-refractivity contribution < 1.29 is 14.5 Å². The molecular formula is C14H19N3O4. The SMILES string of the molecule is CNCC1CN(C(=O)c2ccc(C)c([N+](=O)[O-])c2)CCO1. The van der Waals surface area contributed by atoms with Crippen molar-refractivity contribution in [3.05, 3.63) is 39.4 Å². The number of benzene rings is 1. The van der Waals surface area contributed by atoms with Crippen LogP contribution in [0.4, 0.5) is 5.69 Å². The molecule has 21 heavy (non-hydrogen) atoms. The molecule has 1 N–H and O–H groups in total. The first-order valence-corrected chi connectivity index (χ1v) is 6.83. The molecule has 2 rings (SSSR count). The molecule has 0 saturated carbocycles. The van der Waals surface area contributed by atoms with Crippen molar-refractivity contribution in [1.82, 2.24) is 10.2 Å². The van der Waals surface area contributed by atoms with Crippen LogP contribution in [0.15, 0.2) is 18.2 Å². The van der Waals surface area contributed by atoms with Crippen LogP contribution in [0.5, 0.6) is 0 Å². The summed E-state index contributed by atoms with van der Waals surface area (Å²) in [6, 6.07) is 4.59. The van der Waals surface area contributed by atoms with Crippen LogP contribution in [0.1, 0.15) is 15.9 Å². The molecule has 0 spiro atoms. The van der Waals surface area contributed by atoms with Crippen LogP contribution in [-0.4, -0.2) is 55.1 Å². The molecule has 0 aliphatic carbocycles. The molecule has 1 heterocycles.